The Kier molecular flexibility index (Phi) is 5.52. The maximum absolute atomic E-state index is 13.2. The summed E-state index contributed by atoms with van der Waals surface area (Å²) in [6.07, 6.45) is 6.52. The molecule has 2 aliphatic carbocycles. The van der Waals surface area contributed by atoms with Gasteiger partial charge in [-0.2, -0.15) is 0 Å². The number of halogens is 1. The summed E-state index contributed by atoms with van der Waals surface area (Å²) in [6.45, 7) is 1.41. The molecular formula is C23H29ClN2O2. The highest BCUT2D eigenvalue weighted by Gasteiger charge is 2.42. The van der Waals surface area contributed by atoms with Gasteiger partial charge in [0.05, 0.1) is 6.54 Å². The molecular weight excluding hydrogens is 372 g/mol. The normalized spacial score (nSPS) is 29.0. The van der Waals surface area contributed by atoms with Crippen molar-refractivity contribution in [3.8, 4) is 11.3 Å². The summed E-state index contributed by atoms with van der Waals surface area (Å²) in [5.41, 5.74) is 8.75. The monoisotopic (exact) mass is 400 g/mol. The average molecular weight is 401 g/mol. The maximum atomic E-state index is 13.2. The van der Waals surface area contributed by atoms with Crippen molar-refractivity contribution < 1.29 is 9.21 Å². The van der Waals surface area contributed by atoms with Gasteiger partial charge in [-0.25, -0.2) is 0 Å². The molecule has 2 N–H and O–H groups in total. The van der Waals surface area contributed by atoms with Crippen LogP contribution in [0.25, 0.3) is 11.3 Å². The van der Waals surface area contributed by atoms with Gasteiger partial charge < -0.3 is 15.1 Å². The Hall–Kier alpha value is -1.78. The molecule has 0 saturated heterocycles. The average Bonchev–Trinajstić information content (AvgIpc) is 3.11. The molecule has 1 amide bonds. The summed E-state index contributed by atoms with van der Waals surface area (Å²) in [5.74, 6) is 3.43. The van der Waals surface area contributed by atoms with E-state index in [9.17, 15) is 4.79 Å². The zero-order valence-corrected chi connectivity index (χ0v) is 17.0. The van der Waals surface area contributed by atoms with Gasteiger partial charge in [0.1, 0.15) is 11.5 Å². The predicted octanol–water partition coefficient (Wildman–Crippen LogP) is 4.41. The Morgan fingerprint density at radius 1 is 1.11 bits per heavy atom. The molecule has 2 atom stereocenters. The first-order valence-electron chi connectivity index (χ1n) is 10.4. The molecule has 2 fully saturated rings. The van der Waals surface area contributed by atoms with E-state index in [2.05, 4.69) is 18.2 Å². The Balaban J connectivity index is 0.00000192. The van der Waals surface area contributed by atoms with Gasteiger partial charge in [0.25, 0.3) is 0 Å². The van der Waals surface area contributed by atoms with Crippen LogP contribution in [0.3, 0.4) is 0 Å². The number of furan rings is 1. The van der Waals surface area contributed by atoms with E-state index in [-0.39, 0.29) is 18.3 Å². The molecule has 0 spiro atoms. The number of benzene rings is 1. The first-order valence-corrected chi connectivity index (χ1v) is 10.4. The van der Waals surface area contributed by atoms with Gasteiger partial charge in [-0.1, -0.05) is 36.8 Å². The summed E-state index contributed by atoms with van der Waals surface area (Å²) in [7, 11) is 0. The number of fused-ring (bicyclic) bond motifs is 3. The molecule has 1 aromatic heterocycles. The summed E-state index contributed by atoms with van der Waals surface area (Å²) < 4.78 is 6.14. The highest BCUT2D eigenvalue weighted by Crippen LogP contribution is 2.43. The van der Waals surface area contributed by atoms with Crippen LogP contribution in [0.5, 0.6) is 0 Å². The SMILES string of the molecule is Cl.NC1C2CCCC1CC(C(=O)N1CCc3cc(-c4ccccc4)oc3C1)C2. The van der Waals surface area contributed by atoms with Crippen molar-refractivity contribution in [2.75, 3.05) is 6.54 Å². The quantitative estimate of drug-likeness (QED) is 0.812. The van der Waals surface area contributed by atoms with Crippen molar-refractivity contribution in [3.63, 3.8) is 0 Å². The van der Waals surface area contributed by atoms with Crippen LogP contribution in [-0.4, -0.2) is 23.4 Å². The van der Waals surface area contributed by atoms with Crippen LogP contribution >= 0.6 is 12.4 Å². The van der Waals surface area contributed by atoms with Gasteiger partial charge in [-0.3, -0.25) is 4.79 Å². The van der Waals surface area contributed by atoms with Gasteiger partial charge in [0, 0.05) is 24.1 Å². The van der Waals surface area contributed by atoms with Crippen LogP contribution in [0.15, 0.2) is 40.8 Å². The number of hydrogen-bond donors (Lipinski definition) is 1. The maximum Gasteiger partial charge on any atom is 0.226 e. The molecule has 0 radical (unpaired) electrons. The second-order valence-electron chi connectivity index (χ2n) is 8.63. The smallest absolute Gasteiger partial charge is 0.226 e. The molecule has 2 heterocycles. The van der Waals surface area contributed by atoms with Crippen LogP contribution in [0, 0.1) is 17.8 Å². The first kappa shape index (κ1) is 19.5. The van der Waals surface area contributed by atoms with E-state index in [1.807, 2.05) is 23.1 Å². The zero-order valence-electron chi connectivity index (χ0n) is 16.2. The number of carbonyl (C=O) groups excluding carboxylic acids is 1. The number of nitrogens with zero attached hydrogens (tertiary/aromatic N) is 1. The molecule has 28 heavy (non-hydrogen) atoms. The Morgan fingerprint density at radius 2 is 1.82 bits per heavy atom. The fourth-order valence-corrected chi connectivity index (χ4v) is 5.50. The molecule has 2 saturated carbocycles. The lowest BCUT2D eigenvalue weighted by Gasteiger charge is -2.44. The van der Waals surface area contributed by atoms with E-state index < -0.39 is 0 Å². The molecule has 1 aliphatic heterocycles. The highest BCUT2D eigenvalue weighted by atomic mass is 35.5. The number of rotatable bonds is 2. The molecule has 1 aromatic carbocycles. The number of hydrogen-bond acceptors (Lipinski definition) is 3. The summed E-state index contributed by atoms with van der Waals surface area (Å²) in [4.78, 5) is 15.2. The molecule has 150 valence electrons. The van der Waals surface area contributed by atoms with Crippen LogP contribution < -0.4 is 5.73 Å². The van der Waals surface area contributed by atoms with E-state index >= 15 is 0 Å². The minimum atomic E-state index is 0. The molecule has 2 aromatic rings. The summed E-state index contributed by atoms with van der Waals surface area (Å²) in [6, 6.07) is 12.7. The number of amides is 1. The second kappa shape index (κ2) is 7.92. The lowest BCUT2D eigenvalue weighted by Crippen LogP contribution is -2.50. The molecule has 3 aliphatic rings. The summed E-state index contributed by atoms with van der Waals surface area (Å²) >= 11 is 0. The minimum absolute atomic E-state index is 0. The number of carbonyl (C=O) groups is 1. The van der Waals surface area contributed by atoms with E-state index in [0.717, 1.165) is 42.9 Å². The van der Waals surface area contributed by atoms with Crippen LogP contribution in [0.1, 0.15) is 43.4 Å². The molecule has 5 rings (SSSR count). The Labute approximate surface area is 172 Å². The number of nitrogens with two attached hydrogens (primary N) is 1. The van der Waals surface area contributed by atoms with Crippen LogP contribution in [0.2, 0.25) is 0 Å². The van der Waals surface area contributed by atoms with Crippen molar-refractivity contribution in [2.45, 2.75) is 51.1 Å². The van der Waals surface area contributed by atoms with Crippen molar-refractivity contribution in [2.24, 2.45) is 23.5 Å². The highest BCUT2D eigenvalue weighted by molar-refractivity contribution is 5.85. The van der Waals surface area contributed by atoms with Gasteiger partial charge in [0.2, 0.25) is 5.91 Å². The van der Waals surface area contributed by atoms with Crippen LogP contribution in [0.4, 0.5) is 0 Å². The van der Waals surface area contributed by atoms with E-state index in [1.54, 1.807) is 0 Å². The van der Waals surface area contributed by atoms with Crippen molar-refractivity contribution >= 4 is 18.3 Å². The topological polar surface area (TPSA) is 59.5 Å². The van der Waals surface area contributed by atoms with Gasteiger partial charge in [-0.05, 0) is 55.6 Å². The third-order valence-corrected chi connectivity index (χ3v) is 7.01. The van der Waals surface area contributed by atoms with E-state index in [0.29, 0.717) is 30.3 Å². The van der Waals surface area contributed by atoms with Crippen molar-refractivity contribution in [1.29, 1.82) is 0 Å². The molecule has 2 bridgehead atoms. The first-order chi connectivity index (χ1) is 13.2. The fraction of sp³-hybridized carbons (Fsp3) is 0.522. The van der Waals surface area contributed by atoms with Gasteiger partial charge in [0.15, 0.2) is 0 Å². The largest absolute Gasteiger partial charge is 0.459 e. The third kappa shape index (κ3) is 3.48. The Morgan fingerprint density at radius 3 is 2.54 bits per heavy atom. The predicted molar refractivity (Wildman–Crippen MR) is 112 cm³/mol. The molecule has 4 nitrogen and oxygen atoms in total. The summed E-state index contributed by atoms with van der Waals surface area (Å²) in [5, 5.41) is 0. The Bertz CT molecular complexity index is 820. The van der Waals surface area contributed by atoms with E-state index in [1.165, 1.54) is 24.8 Å². The van der Waals surface area contributed by atoms with Crippen molar-refractivity contribution in [3.05, 3.63) is 47.7 Å². The lowest BCUT2D eigenvalue weighted by atomic mass is 9.65. The molecule has 2 unspecified atom stereocenters. The van der Waals surface area contributed by atoms with E-state index in [4.69, 9.17) is 10.2 Å². The second-order valence-corrected chi connectivity index (χ2v) is 8.63. The zero-order chi connectivity index (χ0) is 18.4. The minimum Gasteiger partial charge on any atom is -0.459 e. The third-order valence-electron chi connectivity index (χ3n) is 7.01. The van der Waals surface area contributed by atoms with Gasteiger partial charge in [-0.15, -0.1) is 12.4 Å². The van der Waals surface area contributed by atoms with Crippen LogP contribution in [-0.2, 0) is 17.8 Å². The standard InChI is InChI=1S/C23H28N2O2.ClH/c24-22-17-7-4-8-18(22)12-19(11-17)23(26)25-10-9-16-13-20(27-21(16)14-25)15-5-2-1-3-6-15;/h1-3,5-6,13,17-19,22H,4,7-12,14,24H2;1H. The van der Waals surface area contributed by atoms with Gasteiger partial charge >= 0.3 is 0 Å². The lowest BCUT2D eigenvalue weighted by molar-refractivity contribution is -0.139. The van der Waals surface area contributed by atoms with Crippen molar-refractivity contribution in [1.82, 2.24) is 4.90 Å². The fourth-order valence-electron chi connectivity index (χ4n) is 5.50. The molecule has 5 heteroatoms.